The van der Waals surface area contributed by atoms with E-state index in [0.717, 1.165) is 0 Å². The van der Waals surface area contributed by atoms with Crippen LogP contribution in [-0.4, -0.2) is 25.1 Å². The summed E-state index contributed by atoms with van der Waals surface area (Å²) in [6.07, 6.45) is 1.22. The largest absolute Gasteiger partial charge is 0.501 e. The van der Waals surface area contributed by atoms with E-state index in [9.17, 15) is 9.59 Å². The van der Waals surface area contributed by atoms with E-state index in [2.05, 4.69) is 0 Å². The Kier molecular flexibility index (Phi) is 6.16. The summed E-state index contributed by atoms with van der Waals surface area (Å²) in [4.78, 5) is 21.6. The first-order valence-corrected chi connectivity index (χ1v) is 4.38. The van der Waals surface area contributed by atoms with Crippen LogP contribution >= 0.6 is 0 Å². The van der Waals surface area contributed by atoms with Gasteiger partial charge >= 0.3 is 5.97 Å². The highest BCUT2D eigenvalue weighted by atomic mass is 16.5. The first kappa shape index (κ1) is 12.5. The monoisotopic (exact) mass is 198 g/mol. The molecular weight excluding hydrogens is 184 g/mol. The van der Waals surface area contributed by atoms with E-state index >= 15 is 0 Å². The van der Waals surface area contributed by atoms with E-state index in [4.69, 9.17) is 9.47 Å². The van der Waals surface area contributed by atoms with Crippen LogP contribution in [0.5, 0.6) is 0 Å². The third-order valence-corrected chi connectivity index (χ3v) is 1.42. The molecule has 0 amide bonds. The Bertz CT molecular complexity index is 272. The second-order valence-corrected chi connectivity index (χ2v) is 2.43. The highest BCUT2D eigenvalue weighted by molar-refractivity contribution is 5.95. The maximum Gasteiger partial charge on any atom is 0.342 e. The van der Waals surface area contributed by atoms with E-state index in [1.807, 2.05) is 0 Å². The van der Waals surface area contributed by atoms with Gasteiger partial charge in [-0.15, -0.1) is 0 Å². The first-order valence-electron chi connectivity index (χ1n) is 4.38. The molecule has 4 nitrogen and oxygen atoms in total. The van der Waals surface area contributed by atoms with Crippen LogP contribution in [0.3, 0.4) is 0 Å². The quantitative estimate of drug-likeness (QED) is 0.219. The normalized spacial score (nSPS) is 10.4. The highest BCUT2D eigenvalue weighted by Gasteiger charge is 2.13. The van der Waals surface area contributed by atoms with Crippen LogP contribution in [0.15, 0.2) is 17.4 Å². The molecule has 0 rings (SSSR count). The van der Waals surface area contributed by atoms with E-state index in [1.165, 1.54) is 13.2 Å². The highest BCUT2D eigenvalue weighted by Crippen LogP contribution is 2.08. The molecule has 0 unspecified atom stereocenters. The molecule has 78 valence electrons. The Morgan fingerprint density at radius 3 is 2.43 bits per heavy atom. The van der Waals surface area contributed by atoms with Crippen molar-refractivity contribution in [3.05, 3.63) is 17.4 Å². The fraction of sp³-hybridized carbons (Fsp3) is 0.500. The van der Waals surface area contributed by atoms with Crippen molar-refractivity contribution in [2.75, 3.05) is 13.2 Å². The predicted octanol–water partition coefficient (Wildman–Crippen LogP) is 1.25. The van der Waals surface area contributed by atoms with Gasteiger partial charge in [0.2, 0.25) is 0 Å². The standard InChI is InChI=1S/C10H14O4/c1-4-13-7-9(8(3)6-11)10(12)14-5-2/h7H,4-5H2,1-3H3/b9-7-. The maximum absolute atomic E-state index is 11.3. The summed E-state index contributed by atoms with van der Waals surface area (Å²) in [5.74, 6) is 1.06. The molecular formula is C10H14O4. The van der Waals surface area contributed by atoms with Crippen molar-refractivity contribution in [3.8, 4) is 0 Å². The topological polar surface area (TPSA) is 52.6 Å². The Morgan fingerprint density at radius 1 is 1.36 bits per heavy atom. The molecule has 0 aliphatic carbocycles. The van der Waals surface area contributed by atoms with Crippen molar-refractivity contribution < 1.29 is 19.1 Å². The van der Waals surface area contributed by atoms with Crippen molar-refractivity contribution >= 4 is 11.9 Å². The average molecular weight is 198 g/mol. The van der Waals surface area contributed by atoms with Gasteiger partial charge in [0.1, 0.15) is 11.5 Å². The molecule has 0 aliphatic rings. The lowest BCUT2D eigenvalue weighted by Crippen LogP contribution is -2.09. The lowest BCUT2D eigenvalue weighted by molar-refractivity contribution is -0.138. The van der Waals surface area contributed by atoms with Gasteiger partial charge in [0.15, 0.2) is 0 Å². The molecule has 0 aromatic carbocycles. The molecule has 0 N–H and O–H groups in total. The number of ether oxygens (including phenoxy) is 2. The van der Waals surface area contributed by atoms with E-state index in [0.29, 0.717) is 6.61 Å². The molecule has 0 fully saturated rings. The van der Waals surface area contributed by atoms with E-state index in [1.54, 1.807) is 19.8 Å². The molecule has 14 heavy (non-hydrogen) atoms. The van der Waals surface area contributed by atoms with Gasteiger partial charge in [-0.1, -0.05) is 0 Å². The summed E-state index contributed by atoms with van der Waals surface area (Å²) >= 11 is 0. The number of hydrogen-bond acceptors (Lipinski definition) is 4. The Labute approximate surface area is 83.2 Å². The number of carbonyl (C=O) groups is 1. The van der Waals surface area contributed by atoms with Crippen LogP contribution < -0.4 is 0 Å². The van der Waals surface area contributed by atoms with Crippen LogP contribution in [0.4, 0.5) is 0 Å². The van der Waals surface area contributed by atoms with Crippen LogP contribution in [0, 0.1) is 0 Å². The van der Waals surface area contributed by atoms with E-state index in [-0.39, 0.29) is 17.8 Å². The van der Waals surface area contributed by atoms with Crippen molar-refractivity contribution in [1.29, 1.82) is 0 Å². The molecule has 0 bridgehead atoms. The zero-order valence-electron chi connectivity index (χ0n) is 8.62. The van der Waals surface area contributed by atoms with Crippen molar-refractivity contribution in [2.45, 2.75) is 20.8 Å². The summed E-state index contributed by atoms with van der Waals surface area (Å²) in [7, 11) is 0. The van der Waals surface area contributed by atoms with Gasteiger partial charge in [-0.3, -0.25) is 0 Å². The Hall–Kier alpha value is -1.54. The van der Waals surface area contributed by atoms with Crippen molar-refractivity contribution in [3.63, 3.8) is 0 Å². The van der Waals surface area contributed by atoms with E-state index < -0.39 is 5.97 Å². The van der Waals surface area contributed by atoms with Gasteiger partial charge in [-0.2, -0.15) is 0 Å². The summed E-state index contributed by atoms with van der Waals surface area (Å²) < 4.78 is 9.66. The smallest absolute Gasteiger partial charge is 0.342 e. The second-order valence-electron chi connectivity index (χ2n) is 2.43. The second kappa shape index (κ2) is 6.92. The summed E-state index contributed by atoms with van der Waals surface area (Å²) in [5.41, 5.74) is 0.292. The number of rotatable bonds is 5. The fourth-order valence-corrected chi connectivity index (χ4v) is 0.720. The molecule has 0 spiro atoms. The minimum atomic E-state index is -0.568. The summed E-state index contributed by atoms with van der Waals surface area (Å²) in [6.45, 7) is 5.63. The van der Waals surface area contributed by atoms with Crippen LogP contribution in [0.25, 0.3) is 0 Å². The molecule has 0 radical (unpaired) electrons. The van der Waals surface area contributed by atoms with Gasteiger partial charge in [0.05, 0.1) is 25.0 Å². The molecule has 0 aromatic rings. The fourth-order valence-electron chi connectivity index (χ4n) is 0.720. The summed E-state index contributed by atoms with van der Waals surface area (Å²) in [6, 6.07) is 0. The van der Waals surface area contributed by atoms with Gasteiger partial charge in [-0.25, -0.2) is 9.59 Å². The number of esters is 1. The van der Waals surface area contributed by atoms with Crippen LogP contribution in [0.1, 0.15) is 20.8 Å². The molecule has 0 saturated heterocycles. The zero-order chi connectivity index (χ0) is 11.0. The summed E-state index contributed by atoms with van der Waals surface area (Å²) in [5, 5.41) is 0. The average Bonchev–Trinajstić information content (AvgIpc) is 2.18. The Balaban J connectivity index is 4.72. The van der Waals surface area contributed by atoms with Gasteiger partial charge in [-0.05, 0) is 20.8 Å². The molecule has 0 heterocycles. The number of hydrogen-bond donors (Lipinski definition) is 0. The van der Waals surface area contributed by atoms with Gasteiger partial charge in [0.25, 0.3) is 0 Å². The first-order chi connectivity index (χ1) is 6.67. The molecule has 4 heteroatoms. The molecule has 0 atom stereocenters. The zero-order valence-corrected chi connectivity index (χ0v) is 8.62. The minimum absolute atomic E-state index is 0.115. The van der Waals surface area contributed by atoms with Crippen molar-refractivity contribution in [1.82, 2.24) is 0 Å². The predicted molar refractivity (Wildman–Crippen MR) is 51.2 cm³/mol. The van der Waals surface area contributed by atoms with Crippen molar-refractivity contribution in [2.24, 2.45) is 0 Å². The SMILES string of the molecule is CCO/C=C(\C(=O)OCC)C(C)=C=O. The Morgan fingerprint density at radius 2 is 2.00 bits per heavy atom. The van der Waals surface area contributed by atoms with Gasteiger partial charge in [0, 0.05) is 0 Å². The third kappa shape index (κ3) is 3.92. The number of carbonyl (C=O) groups excluding carboxylic acids is 2. The lowest BCUT2D eigenvalue weighted by Gasteiger charge is -2.04. The maximum atomic E-state index is 11.3. The third-order valence-electron chi connectivity index (χ3n) is 1.42. The molecule has 0 aliphatic heterocycles. The van der Waals surface area contributed by atoms with Crippen LogP contribution in [-0.2, 0) is 19.1 Å². The van der Waals surface area contributed by atoms with Crippen LogP contribution in [0.2, 0.25) is 0 Å². The van der Waals surface area contributed by atoms with Gasteiger partial charge < -0.3 is 9.47 Å². The minimum Gasteiger partial charge on any atom is -0.501 e. The molecule has 0 saturated carbocycles. The molecule has 0 aromatic heterocycles. The lowest BCUT2D eigenvalue weighted by atomic mass is 10.1.